The van der Waals surface area contributed by atoms with Crippen LogP contribution in [-0.2, 0) is 11.3 Å². The third-order valence-electron chi connectivity index (χ3n) is 2.69. The molecule has 20 heavy (non-hydrogen) atoms. The first-order valence-electron chi connectivity index (χ1n) is 5.57. The van der Waals surface area contributed by atoms with Gasteiger partial charge in [-0.25, -0.2) is 0 Å². The number of nitro groups is 1. The lowest BCUT2D eigenvalue weighted by Gasteiger charge is -2.06. The van der Waals surface area contributed by atoms with Gasteiger partial charge in [0.05, 0.1) is 10.6 Å². The lowest BCUT2D eigenvalue weighted by molar-refractivity contribution is -0.384. The Bertz CT molecular complexity index is 747. The molecule has 0 radical (unpaired) electrons. The molecule has 0 amide bonds. The zero-order chi connectivity index (χ0) is 14.9. The first-order chi connectivity index (χ1) is 9.40. The maximum Gasteiger partial charge on any atom is 0.323 e. The minimum atomic E-state index is -1.14. The summed E-state index contributed by atoms with van der Waals surface area (Å²) < 4.78 is 1.11. The van der Waals surface area contributed by atoms with E-state index in [0.717, 1.165) is 15.9 Å². The molecule has 2 rings (SSSR count). The number of benzene rings is 1. The molecule has 1 heterocycles. The Morgan fingerprint density at radius 2 is 2.20 bits per heavy atom. The highest BCUT2D eigenvalue weighted by Gasteiger charge is 2.17. The molecule has 0 saturated heterocycles. The number of thiazole rings is 1. The van der Waals surface area contributed by atoms with Crippen LogP contribution in [0, 0.1) is 17.0 Å². The molecule has 0 atom stereocenters. The first-order valence-corrected chi connectivity index (χ1v) is 6.38. The van der Waals surface area contributed by atoms with Crippen molar-refractivity contribution in [2.24, 2.45) is 0 Å². The van der Waals surface area contributed by atoms with Crippen LogP contribution in [0.4, 0.5) is 5.69 Å². The Labute approximate surface area is 116 Å². The largest absolute Gasteiger partial charge is 0.480 e. The van der Waals surface area contributed by atoms with Crippen LogP contribution in [0.2, 0.25) is 0 Å². The fourth-order valence-corrected chi connectivity index (χ4v) is 2.77. The van der Waals surface area contributed by atoms with E-state index in [-0.39, 0.29) is 5.69 Å². The summed E-state index contributed by atoms with van der Waals surface area (Å²) in [6.07, 6.45) is 0. The zero-order valence-corrected chi connectivity index (χ0v) is 11.2. The standard InChI is InChI=1S/C12H10N2O5S/c1-7-11(13(6-10(15)16)12(17)20-7)8-3-2-4-9(5-8)14(18)19/h2-5H,6H2,1H3,(H,15,16). The maximum atomic E-state index is 11.8. The molecule has 7 nitrogen and oxygen atoms in total. The molecular formula is C12H10N2O5S. The van der Waals surface area contributed by atoms with E-state index >= 15 is 0 Å². The van der Waals surface area contributed by atoms with E-state index in [4.69, 9.17) is 5.11 Å². The number of non-ortho nitro benzene ring substituents is 1. The van der Waals surface area contributed by atoms with Gasteiger partial charge in [0, 0.05) is 22.6 Å². The van der Waals surface area contributed by atoms with Crippen molar-refractivity contribution in [3.63, 3.8) is 0 Å². The Morgan fingerprint density at radius 1 is 1.50 bits per heavy atom. The fraction of sp³-hybridized carbons (Fsp3) is 0.167. The summed E-state index contributed by atoms with van der Waals surface area (Å²) in [5.41, 5.74) is 0.754. The summed E-state index contributed by atoms with van der Waals surface area (Å²) in [6, 6.07) is 5.78. The molecule has 0 unspecified atom stereocenters. The topological polar surface area (TPSA) is 102 Å². The van der Waals surface area contributed by atoms with Crippen LogP contribution >= 0.6 is 11.3 Å². The molecule has 0 aliphatic rings. The number of rotatable bonds is 4. The smallest absolute Gasteiger partial charge is 0.323 e. The van der Waals surface area contributed by atoms with E-state index in [1.807, 2.05) is 0 Å². The number of nitro benzene ring substituents is 1. The number of aromatic nitrogens is 1. The maximum absolute atomic E-state index is 11.8. The van der Waals surface area contributed by atoms with Gasteiger partial charge in [-0.1, -0.05) is 23.5 Å². The third kappa shape index (κ3) is 2.59. The molecule has 0 aliphatic carbocycles. The van der Waals surface area contributed by atoms with E-state index < -0.39 is 22.3 Å². The van der Waals surface area contributed by atoms with Crippen molar-refractivity contribution >= 4 is 23.0 Å². The molecule has 1 N–H and O–H groups in total. The minimum absolute atomic E-state index is 0.109. The molecule has 1 aromatic heterocycles. The summed E-state index contributed by atoms with van der Waals surface area (Å²) in [5.74, 6) is -1.14. The molecule has 8 heteroatoms. The van der Waals surface area contributed by atoms with Crippen molar-refractivity contribution < 1.29 is 14.8 Å². The van der Waals surface area contributed by atoms with E-state index in [2.05, 4.69) is 0 Å². The van der Waals surface area contributed by atoms with Gasteiger partial charge >= 0.3 is 10.8 Å². The lowest BCUT2D eigenvalue weighted by atomic mass is 10.1. The summed E-state index contributed by atoms with van der Waals surface area (Å²) in [6.45, 7) is 1.21. The number of hydrogen-bond acceptors (Lipinski definition) is 5. The normalized spacial score (nSPS) is 10.4. The average Bonchev–Trinajstić information content (AvgIpc) is 2.63. The van der Waals surface area contributed by atoms with Crippen LogP contribution < -0.4 is 4.87 Å². The Balaban J connectivity index is 2.63. The van der Waals surface area contributed by atoms with Crippen molar-refractivity contribution in [2.75, 3.05) is 0 Å². The number of hydrogen-bond donors (Lipinski definition) is 1. The fourth-order valence-electron chi connectivity index (χ4n) is 1.92. The van der Waals surface area contributed by atoms with Gasteiger partial charge in [-0.05, 0) is 6.92 Å². The second-order valence-corrected chi connectivity index (χ2v) is 5.23. The monoisotopic (exact) mass is 294 g/mol. The van der Waals surface area contributed by atoms with Crippen LogP contribution in [0.1, 0.15) is 4.88 Å². The van der Waals surface area contributed by atoms with Crippen molar-refractivity contribution in [3.8, 4) is 11.3 Å². The number of carbonyl (C=O) groups is 1. The number of carboxylic acid groups (broad SMARTS) is 1. The van der Waals surface area contributed by atoms with Crippen LogP contribution in [0.5, 0.6) is 0 Å². The van der Waals surface area contributed by atoms with Gasteiger partial charge in [-0.3, -0.25) is 24.3 Å². The summed E-state index contributed by atoms with van der Waals surface area (Å²) in [4.78, 5) is 33.1. The first kappa shape index (κ1) is 13.9. The zero-order valence-electron chi connectivity index (χ0n) is 10.4. The molecule has 0 saturated carbocycles. The van der Waals surface area contributed by atoms with Gasteiger partial charge < -0.3 is 5.11 Å². The Morgan fingerprint density at radius 3 is 2.80 bits per heavy atom. The second-order valence-electron chi connectivity index (χ2n) is 4.06. The number of carboxylic acids is 1. The highest BCUT2D eigenvalue weighted by molar-refractivity contribution is 7.09. The molecule has 0 fully saturated rings. The van der Waals surface area contributed by atoms with Crippen molar-refractivity contribution in [2.45, 2.75) is 13.5 Å². The van der Waals surface area contributed by atoms with Crippen LogP contribution in [-0.4, -0.2) is 20.6 Å². The summed E-state index contributed by atoms with van der Waals surface area (Å²) in [5, 5.41) is 19.6. The Hall–Kier alpha value is -2.48. The van der Waals surface area contributed by atoms with Gasteiger partial charge in [-0.2, -0.15) is 0 Å². The van der Waals surface area contributed by atoms with Gasteiger partial charge in [-0.15, -0.1) is 0 Å². The number of nitrogens with zero attached hydrogens (tertiary/aromatic N) is 2. The minimum Gasteiger partial charge on any atom is -0.480 e. The number of aryl methyl sites for hydroxylation is 1. The summed E-state index contributed by atoms with van der Waals surface area (Å²) >= 11 is 0.921. The van der Waals surface area contributed by atoms with E-state index in [9.17, 15) is 19.7 Å². The van der Waals surface area contributed by atoms with E-state index in [1.54, 1.807) is 13.0 Å². The van der Waals surface area contributed by atoms with Gasteiger partial charge in [0.15, 0.2) is 0 Å². The molecule has 1 aromatic carbocycles. The lowest BCUT2D eigenvalue weighted by Crippen LogP contribution is -2.19. The summed E-state index contributed by atoms with van der Waals surface area (Å²) in [7, 11) is 0. The van der Waals surface area contributed by atoms with Crippen LogP contribution in [0.15, 0.2) is 29.1 Å². The van der Waals surface area contributed by atoms with Crippen molar-refractivity contribution in [1.29, 1.82) is 0 Å². The second kappa shape index (κ2) is 5.25. The molecule has 0 aliphatic heterocycles. The predicted octanol–water partition coefficient (Wildman–Crippen LogP) is 1.88. The predicted molar refractivity (Wildman–Crippen MR) is 73.0 cm³/mol. The van der Waals surface area contributed by atoms with Gasteiger partial charge in [0.2, 0.25) is 0 Å². The van der Waals surface area contributed by atoms with Crippen molar-refractivity contribution in [1.82, 2.24) is 4.57 Å². The molecule has 104 valence electrons. The van der Waals surface area contributed by atoms with Crippen LogP contribution in [0.25, 0.3) is 11.3 Å². The highest BCUT2D eigenvalue weighted by Crippen LogP contribution is 2.28. The SMILES string of the molecule is Cc1sc(=O)n(CC(=O)O)c1-c1cccc([N+](=O)[O-])c1. The van der Waals surface area contributed by atoms with Gasteiger partial charge in [0.25, 0.3) is 5.69 Å². The Kier molecular flexibility index (Phi) is 3.66. The molecule has 0 bridgehead atoms. The van der Waals surface area contributed by atoms with Crippen molar-refractivity contribution in [3.05, 3.63) is 48.9 Å². The van der Waals surface area contributed by atoms with Gasteiger partial charge in [0.1, 0.15) is 6.54 Å². The quantitative estimate of drug-likeness (QED) is 0.685. The molecular weight excluding hydrogens is 284 g/mol. The number of aliphatic carboxylic acids is 1. The molecule has 2 aromatic rings. The highest BCUT2D eigenvalue weighted by atomic mass is 32.1. The third-order valence-corrected chi connectivity index (χ3v) is 3.58. The van der Waals surface area contributed by atoms with E-state index in [0.29, 0.717) is 16.1 Å². The molecule has 0 spiro atoms. The van der Waals surface area contributed by atoms with E-state index in [1.165, 1.54) is 18.2 Å². The van der Waals surface area contributed by atoms with Crippen LogP contribution in [0.3, 0.4) is 0 Å². The average molecular weight is 294 g/mol.